The number of rotatable bonds is 5. The van der Waals surface area contributed by atoms with E-state index in [9.17, 15) is 24.4 Å². The Bertz CT molecular complexity index is 1160. The number of aryl methyl sites for hydroxylation is 1. The van der Waals surface area contributed by atoms with E-state index in [0.717, 1.165) is 47.4 Å². The number of anilines is 2. The van der Waals surface area contributed by atoms with E-state index in [1.807, 2.05) is 0 Å². The Morgan fingerprint density at radius 3 is 2.58 bits per heavy atom. The van der Waals surface area contributed by atoms with Crippen molar-refractivity contribution in [2.45, 2.75) is 58.0 Å². The Kier molecular flexibility index (Phi) is 6.56. The zero-order valence-corrected chi connectivity index (χ0v) is 19.0. The summed E-state index contributed by atoms with van der Waals surface area (Å²) in [5.74, 6) is -1.92. The van der Waals surface area contributed by atoms with E-state index in [1.165, 1.54) is 30.4 Å². The first-order valence-electron chi connectivity index (χ1n) is 10.9. The number of thiophene rings is 1. The molecule has 33 heavy (non-hydrogen) atoms. The van der Waals surface area contributed by atoms with Gasteiger partial charge in [0.15, 0.2) is 6.10 Å². The molecule has 1 N–H and O–H groups in total. The van der Waals surface area contributed by atoms with Crippen LogP contribution in [0, 0.1) is 11.3 Å². The number of nitriles is 1. The van der Waals surface area contributed by atoms with Gasteiger partial charge in [0.1, 0.15) is 11.1 Å². The third-order valence-corrected chi connectivity index (χ3v) is 7.02. The van der Waals surface area contributed by atoms with Crippen LogP contribution in [0.1, 0.15) is 65.4 Å². The van der Waals surface area contributed by atoms with Crippen molar-refractivity contribution >= 4 is 45.7 Å². The second kappa shape index (κ2) is 9.55. The maximum absolute atomic E-state index is 12.7. The monoisotopic (exact) mass is 465 g/mol. The third kappa shape index (κ3) is 4.66. The molecule has 3 amide bonds. The molecule has 1 unspecified atom stereocenters. The number of benzene rings is 1. The number of ether oxygens (including phenoxy) is 1. The van der Waals surface area contributed by atoms with Crippen LogP contribution < -0.4 is 10.2 Å². The normalized spacial score (nSPS) is 16.5. The van der Waals surface area contributed by atoms with Crippen molar-refractivity contribution in [2.24, 2.45) is 0 Å². The zero-order chi connectivity index (χ0) is 23.5. The van der Waals surface area contributed by atoms with E-state index < -0.39 is 18.0 Å². The van der Waals surface area contributed by atoms with Crippen molar-refractivity contribution in [3.05, 3.63) is 45.8 Å². The summed E-state index contributed by atoms with van der Waals surface area (Å²) in [6, 6.07) is 8.22. The standard InChI is InChI=1S/C24H23N3O5S/c1-14(22(30)26-23-18(13-25)17-8-3-2-4-9-19(17)33-23)32-24(31)15-6-5-7-16(12-15)27-20(28)10-11-21(27)29/h5-7,12,14H,2-4,8-11H2,1H3,(H,26,30). The summed E-state index contributed by atoms with van der Waals surface area (Å²) in [7, 11) is 0. The van der Waals surface area contributed by atoms with Gasteiger partial charge < -0.3 is 10.1 Å². The molecule has 170 valence electrons. The number of esters is 1. The van der Waals surface area contributed by atoms with Gasteiger partial charge in [-0.2, -0.15) is 5.26 Å². The van der Waals surface area contributed by atoms with Gasteiger partial charge in [0.05, 0.1) is 16.8 Å². The fourth-order valence-corrected chi connectivity index (χ4v) is 5.32. The van der Waals surface area contributed by atoms with Gasteiger partial charge in [-0.15, -0.1) is 11.3 Å². The number of nitrogens with one attached hydrogen (secondary N) is 1. The van der Waals surface area contributed by atoms with Gasteiger partial charge in [-0.25, -0.2) is 4.79 Å². The summed E-state index contributed by atoms with van der Waals surface area (Å²) in [5.41, 5.74) is 1.94. The predicted octanol–water partition coefficient (Wildman–Crippen LogP) is 3.73. The van der Waals surface area contributed by atoms with Gasteiger partial charge in [0.2, 0.25) is 11.8 Å². The molecule has 1 fully saturated rings. The second-order valence-corrected chi connectivity index (χ2v) is 9.20. The minimum atomic E-state index is -1.11. The summed E-state index contributed by atoms with van der Waals surface area (Å²) in [4.78, 5) is 51.4. The van der Waals surface area contributed by atoms with Gasteiger partial charge in [0, 0.05) is 17.7 Å². The number of imide groups is 1. The lowest BCUT2D eigenvalue weighted by atomic mass is 10.1. The van der Waals surface area contributed by atoms with Crippen LogP contribution in [-0.2, 0) is 32.0 Å². The van der Waals surface area contributed by atoms with E-state index in [-0.39, 0.29) is 30.2 Å². The van der Waals surface area contributed by atoms with Crippen LogP contribution in [0.25, 0.3) is 0 Å². The number of hydrogen-bond donors (Lipinski definition) is 1. The van der Waals surface area contributed by atoms with Crippen molar-refractivity contribution in [1.82, 2.24) is 0 Å². The minimum Gasteiger partial charge on any atom is -0.449 e. The molecule has 0 spiro atoms. The summed E-state index contributed by atoms with van der Waals surface area (Å²) >= 11 is 1.41. The van der Waals surface area contributed by atoms with E-state index in [1.54, 1.807) is 12.1 Å². The lowest BCUT2D eigenvalue weighted by Crippen LogP contribution is -2.30. The molecule has 4 rings (SSSR count). The summed E-state index contributed by atoms with van der Waals surface area (Å²) < 4.78 is 5.32. The first-order chi connectivity index (χ1) is 15.9. The van der Waals surface area contributed by atoms with Gasteiger partial charge in [-0.3, -0.25) is 19.3 Å². The van der Waals surface area contributed by atoms with Crippen LogP contribution in [-0.4, -0.2) is 29.8 Å². The van der Waals surface area contributed by atoms with Crippen molar-refractivity contribution in [3.8, 4) is 6.07 Å². The number of carbonyl (C=O) groups excluding carboxylic acids is 4. The van der Waals surface area contributed by atoms with E-state index in [4.69, 9.17) is 4.74 Å². The van der Waals surface area contributed by atoms with Crippen molar-refractivity contribution in [1.29, 1.82) is 5.26 Å². The van der Waals surface area contributed by atoms with Crippen LogP contribution in [0.2, 0.25) is 0 Å². The number of carbonyl (C=O) groups is 4. The molecule has 1 aliphatic carbocycles. The fraction of sp³-hybridized carbons (Fsp3) is 0.375. The van der Waals surface area contributed by atoms with Crippen molar-refractivity contribution in [3.63, 3.8) is 0 Å². The topological polar surface area (TPSA) is 117 Å². The first-order valence-corrected chi connectivity index (χ1v) is 11.7. The first kappa shape index (κ1) is 22.7. The maximum Gasteiger partial charge on any atom is 0.338 e. The van der Waals surface area contributed by atoms with Crippen molar-refractivity contribution in [2.75, 3.05) is 10.2 Å². The Balaban J connectivity index is 1.44. The van der Waals surface area contributed by atoms with Crippen LogP contribution in [0.3, 0.4) is 0 Å². The Morgan fingerprint density at radius 1 is 1.12 bits per heavy atom. The average molecular weight is 466 g/mol. The SMILES string of the molecule is CC(OC(=O)c1cccc(N2C(=O)CCC2=O)c1)C(=O)Nc1sc2c(c1C#N)CCCCC2. The smallest absolute Gasteiger partial charge is 0.338 e. The van der Waals surface area contributed by atoms with Crippen LogP contribution in [0.15, 0.2) is 24.3 Å². The lowest BCUT2D eigenvalue weighted by molar-refractivity contribution is -0.124. The molecule has 8 nitrogen and oxygen atoms in total. The Labute approximate surface area is 195 Å². The molecule has 1 aromatic carbocycles. The quantitative estimate of drug-likeness (QED) is 0.409. The number of fused-ring (bicyclic) bond motifs is 1. The van der Waals surface area contributed by atoms with E-state index in [0.29, 0.717) is 16.3 Å². The molecular weight excluding hydrogens is 442 g/mol. The number of amides is 3. The molecule has 0 radical (unpaired) electrons. The molecule has 1 aromatic heterocycles. The zero-order valence-electron chi connectivity index (χ0n) is 18.2. The third-order valence-electron chi connectivity index (χ3n) is 5.81. The van der Waals surface area contributed by atoms with E-state index in [2.05, 4.69) is 11.4 Å². The molecule has 0 bridgehead atoms. The molecule has 1 saturated heterocycles. The number of nitrogens with zero attached hydrogens (tertiary/aromatic N) is 2. The van der Waals surface area contributed by atoms with E-state index >= 15 is 0 Å². The lowest BCUT2D eigenvalue weighted by Gasteiger charge is -2.16. The highest BCUT2D eigenvalue weighted by Gasteiger charge is 2.31. The second-order valence-electron chi connectivity index (χ2n) is 8.09. The van der Waals surface area contributed by atoms with Gasteiger partial charge >= 0.3 is 5.97 Å². The van der Waals surface area contributed by atoms with Crippen molar-refractivity contribution < 1.29 is 23.9 Å². The average Bonchev–Trinajstić information content (AvgIpc) is 3.21. The molecule has 1 aliphatic heterocycles. The summed E-state index contributed by atoms with van der Waals surface area (Å²) in [5, 5.41) is 12.9. The Morgan fingerprint density at radius 2 is 1.85 bits per heavy atom. The highest BCUT2D eigenvalue weighted by Crippen LogP contribution is 2.37. The molecule has 2 heterocycles. The molecule has 0 saturated carbocycles. The largest absolute Gasteiger partial charge is 0.449 e. The summed E-state index contributed by atoms with van der Waals surface area (Å²) in [6.07, 6.45) is 4.11. The molecule has 9 heteroatoms. The fourth-order valence-electron chi connectivity index (χ4n) is 4.08. The highest BCUT2D eigenvalue weighted by atomic mass is 32.1. The molecule has 2 aromatic rings. The highest BCUT2D eigenvalue weighted by molar-refractivity contribution is 7.16. The van der Waals surface area contributed by atoms with Crippen LogP contribution in [0.5, 0.6) is 0 Å². The molecule has 2 aliphatic rings. The predicted molar refractivity (Wildman–Crippen MR) is 122 cm³/mol. The van der Waals surface area contributed by atoms with Gasteiger partial charge in [-0.1, -0.05) is 12.5 Å². The minimum absolute atomic E-state index is 0.125. The van der Waals surface area contributed by atoms with Gasteiger partial charge in [0.25, 0.3) is 5.91 Å². The number of hydrogen-bond acceptors (Lipinski definition) is 7. The summed E-state index contributed by atoms with van der Waals surface area (Å²) in [6.45, 7) is 1.45. The maximum atomic E-state index is 12.7. The molecular formula is C24H23N3O5S. The molecule has 1 atom stereocenters. The van der Waals surface area contributed by atoms with Gasteiger partial charge in [-0.05, 0) is 56.4 Å². The van der Waals surface area contributed by atoms with Crippen LogP contribution >= 0.6 is 11.3 Å². The van der Waals surface area contributed by atoms with Crippen LogP contribution in [0.4, 0.5) is 10.7 Å². The Hall–Kier alpha value is -3.51.